The molecular formula is C30H44N4O12. The third-order valence-corrected chi connectivity index (χ3v) is 7.77. The topological polar surface area (TPSA) is 247 Å². The maximum atomic E-state index is 12.9. The van der Waals surface area contributed by atoms with Gasteiger partial charge in [0.15, 0.2) is 0 Å². The number of hydrogen-bond acceptors (Lipinski definition) is 13. The van der Waals surface area contributed by atoms with Gasteiger partial charge in [-0.25, -0.2) is 0 Å². The molecule has 46 heavy (non-hydrogen) atoms. The molecule has 16 nitrogen and oxygen atoms in total. The number of nitrogens with two attached hydrogens (primary N) is 1. The number of esters is 1. The highest BCUT2D eigenvalue weighted by atomic mass is 16.7. The van der Waals surface area contributed by atoms with E-state index in [1.54, 1.807) is 13.8 Å². The maximum absolute atomic E-state index is 12.9. The van der Waals surface area contributed by atoms with Crippen LogP contribution in [-0.2, 0) is 40.1 Å². The van der Waals surface area contributed by atoms with Crippen LogP contribution in [0.5, 0.6) is 5.75 Å². The van der Waals surface area contributed by atoms with Gasteiger partial charge in [-0.05, 0) is 23.6 Å². The lowest BCUT2D eigenvalue weighted by Gasteiger charge is -2.39. The molecule has 1 aromatic carbocycles. The number of carbonyl (C=O) groups is 5. The summed E-state index contributed by atoms with van der Waals surface area (Å²) in [7, 11) is 0. The first kappa shape index (κ1) is 36.8. The van der Waals surface area contributed by atoms with E-state index in [0.29, 0.717) is 5.56 Å². The first-order valence-corrected chi connectivity index (χ1v) is 15.1. The molecule has 2 fully saturated rings. The van der Waals surface area contributed by atoms with Crippen LogP contribution >= 0.6 is 0 Å². The van der Waals surface area contributed by atoms with Crippen molar-refractivity contribution in [1.29, 1.82) is 0 Å². The summed E-state index contributed by atoms with van der Waals surface area (Å²) >= 11 is 0. The Hall–Kier alpha value is -3.67. The Kier molecular flexibility index (Phi) is 13.0. The molecular weight excluding hydrogens is 608 g/mol. The third kappa shape index (κ3) is 8.77. The van der Waals surface area contributed by atoms with Crippen molar-refractivity contribution < 1.29 is 58.6 Å². The van der Waals surface area contributed by atoms with Crippen LogP contribution in [0, 0.1) is 17.8 Å². The van der Waals surface area contributed by atoms with E-state index in [2.05, 4.69) is 10.6 Å². The molecule has 0 saturated carbocycles. The lowest BCUT2D eigenvalue weighted by atomic mass is 9.94. The van der Waals surface area contributed by atoms with Crippen LogP contribution in [0.3, 0.4) is 0 Å². The molecule has 8 N–H and O–H groups in total. The van der Waals surface area contributed by atoms with E-state index in [4.69, 9.17) is 19.9 Å². The number of amides is 4. The van der Waals surface area contributed by atoms with Gasteiger partial charge in [-0.15, -0.1) is 0 Å². The highest BCUT2D eigenvalue weighted by Gasteiger charge is 2.46. The first-order chi connectivity index (χ1) is 21.7. The average molecular weight is 653 g/mol. The Morgan fingerprint density at radius 2 is 1.78 bits per heavy atom. The minimum absolute atomic E-state index is 0.00799. The number of nitrogens with zero attached hydrogens (tertiary/aromatic N) is 1. The van der Waals surface area contributed by atoms with E-state index in [1.807, 2.05) is 13.8 Å². The summed E-state index contributed by atoms with van der Waals surface area (Å²) in [5.74, 6) is -3.74. The van der Waals surface area contributed by atoms with Crippen molar-refractivity contribution in [2.75, 3.05) is 25.0 Å². The normalized spacial score (nSPS) is 25.5. The van der Waals surface area contributed by atoms with E-state index in [1.165, 1.54) is 18.2 Å². The molecule has 2 aliphatic rings. The lowest BCUT2D eigenvalue weighted by Crippen LogP contribution is -2.60. The maximum Gasteiger partial charge on any atom is 0.308 e. The smallest absolute Gasteiger partial charge is 0.308 e. The number of likely N-dealkylation sites (tertiary alicyclic amines) is 1. The predicted octanol–water partition coefficient (Wildman–Crippen LogP) is -1.63. The molecule has 1 aromatic rings. The van der Waals surface area contributed by atoms with E-state index < -0.39 is 78.9 Å². The van der Waals surface area contributed by atoms with Crippen molar-refractivity contribution >= 4 is 35.3 Å². The molecule has 4 amide bonds. The Balaban J connectivity index is 1.70. The van der Waals surface area contributed by atoms with E-state index >= 15 is 0 Å². The van der Waals surface area contributed by atoms with Gasteiger partial charge in [0, 0.05) is 31.8 Å². The van der Waals surface area contributed by atoms with Gasteiger partial charge in [-0.1, -0.05) is 33.8 Å². The van der Waals surface area contributed by atoms with Gasteiger partial charge < -0.3 is 51.0 Å². The molecule has 256 valence electrons. The number of aliphatic hydroxyl groups is 4. The molecule has 16 heteroatoms. The number of ether oxygens (including phenoxy) is 3. The highest BCUT2D eigenvalue weighted by Crippen LogP contribution is 2.31. The molecule has 2 aliphatic heterocycles. The number of rotatable bonds is 14. The zero-order chi connectivity index (χ0) is 34.3. The van der Waals surface area contributed by atoms with Crippen molar-refractivity contribution in [3.63, 3.8) is 0 Å². The predicted molar refractivity (Wildman–Crippen MR) is 159 cm³/mol. The number of nitrogens with one attached hydrogen (secondary N) is 2. The minimum atomic E-state index is -1.72. The van der Waals surface area contributed by atoms with Crippen LogP contribution in [0.4, 0.5) is 5.69 Å². The summed E-state index contributed by atoms with van der Waals surface area (Å²) < 4.78 is 16.4. The Morgan fingerprint density at radius 3 is 2.37 bits per heavy atom. The zero-order valence-electron chi connectivity index (χ0n) is 26.3. The number of carbonyl (C=O) groups excluding carboxylic acids is 5. The van der Waals surface area contributed by atoms with Crippen molar-refractivity contribution in [3.8, 4) is 5.75 Å². The average Bonchev–Trinajstić information content (AvgIpc) is 3.30. The summed E-state index contributed by atoms with van der Waals surface area (Å²) in [5.41, 5.74) is 6.26. The summed E-state index contributed by atoms with van der Waals surface area (Å²) in [4.78, 5) is 63.9. The summed E-state index contributed by atoms with van der Waals surface area (Å²) in [5, 5.41) is 45.2. The lowest BCUT2D eigenvalue weighted by molar-refractivity contribution is -0.277. The molecule has 0 bridgehead atoms. The molecule has 0 aromatic heterocycles. The van der Waals surface area contributed by atoms with Gasteiger partial charge in [-0.3, -0.25) is 28.9 Å². The number of aliphatic hydroxyl groups excluding tert-OH is 4. The van der Waals surface area contributed by atoms with Crippen LogP contribution in [0.1, 0.15) is 46.1 Å². The fraction of sp³-hybridized carbons (Fsp3) is 0.633. The molecule has 0 radical (unpaired) electrons. The first-order valence-electron chi connectivity index (χ1n) is 15.1. The van der Waals surface area contributed by atoms with Crippen molar-refractivity contribution in [2.24, 2.45) is 23.5 Å². The minimum Gasteiger partial charge on any atom is -0.461 e. The quantitative estimate of drug-likeness (QED) is 0.0882. The molecule has 0 spiro atoms. The summed E-state index contributed by atoms with van der Waals surface area (Å²) in [6, 6.07) is 3.15. The molecule has 2 saturated heterocycles. The van der Waals surface area contributed by atoms with Crippen LogP contribution in [0.15, 0.2) is 18.2 Å². The number of hydrogen-bond donors (Lipinski definition) is 7. The van der Waals surface area contributed by atoms with Gasteiger partial charge in [0.2, 0.25) is 29.9 Å². The van der Waals surface area contributed by atoms with Crippen LogP contribution < -0.4 is 21.1 Å². The van der Waals surface area contributed by atoms with Crippen LogP contribution in [-0.4, -0.2) is 111 Å². The number of benzene rings is 1. The number of imide groups is 1. The Labute approximate surface area is 266 Å². The number of anilines is 1. The monoisotopic (exact) mass is 652 g/mol. The summed E-state index contributed by atoms with van der Waals surface area (Å²) in [6.45, 7) is 5.67. The van der Waals surface area contributed by atoms with Crippen molar-refractivity contribution in [1.82, 2.24) is 10.2 Å². The molecule has 3 rings (SSSR count). The SMILES string of the molecule is CC(C)C(=O)OCc1ccc(OC2OC(CO)C(O)C(O)C2O)c(NC(=O)CCNC(=O)C(CN)N2C(=O)CC(C(C)C)C2=O)c1. The molecule has 7 atom stereocenters. The van der Waals surface area contributed by atoms with Crippen LogP contribution in [0.2, 0.25) is 0 Å². The van der Waals surface area contributed by atoms with Crippen molar-refractivity contribution in [2.45, 2.75) is 83.9 Å². The van der Waals surface area contributed by atoms with Gasteiger partial charge >= 0.3 is 5.97 Å². The van der Waals surface area contributed by atoms with Gasteiger partial charge in [0.1, 0.15) is 42.8 Å². The highest BCUT2D eigenvalue weighted by molar-refractivity contribution is 6.07. The van der Waals surface area contributed by atoms with Gasteiger partial charge in [0.25, 0.3) is 0 Å². The molecule has 2 heterocycles. The molecule has 7 unspecified atom stereocenters. The third-order valence-electron chi connectivity index (χ3n) is 7.77. The van der Waals surface area contributed by atoms with E-state index in [9.17, 15) is 44.4 Å². The molecule has 0 aliphatic carbocycles. The van der Waals surface area contributed by atoms with Crippen molar-refractivity contribution in [3.05, 3.63) is 23.8 Å². The Bertz CT molecular complexity index is 1270. The second-order valence-corrected chi connectivity index (χ2v) is 11.9. The van der Waals surface area contributed by atoms with E-state index in [-0.39, 0.29) is 55.8 Å². The second-order valence-electron chi connectivity index (χ2n) is 11.9. The second kappa shape index (κ2) is 16.2. The van der Waals surface area contributed by atoms with E-state index in [0.717, 1.165) is 4.90 Å². The zero-order valence-corrected chi connectivity index (χ0v) is 26.3. The fourth-order valence-electron chi connectivity index (χ4n) is 4.96. The fourth-order valence-corrected chi connectivity index (χ4v) is 4.96. The van der Waals surface area contributed by atoms with Gasteiger partial charge in [-0.2, -0.15) is 0 Å². The Morgan fingerprint density at radius 1 is 1.09 bits per heavy atom. The van der Waals surface area contributed by atoms with Crippen LogP contribution in [0.25, 0.3) is 0 Å². The standard InChI is InChI=1S/C30H44N4O12/c1-14(2)17-10-23(37)34(28(17)42)19(11-31)27(41)32-8-7-22(36)33-18-9-16(13-44-29(43)15(3)4)5-6-20(18)45-30-26(40)25(39)24(38)21(12-35)46-30/h5-6,9,14-15,17,19,21,24-26,30,35,38-40H,7-8,10-13,31H2,1-4H3,(H,32,41)(H,33,36). The van der Waals surface area contributed by atoms with Gasteiger partial charge in [0.05, 0.1) is 18.2 Å². The summed E-state index contributed by atoms with van der Waals surface area (Å²) in [6.07, 6.45) is -8.08. The largest absolute Gasteiger partial charge is 0.461 e.